The number of carbonyl (C=O) groups excluding carboxylic acids is 1. The van der Waals surface area contributed by atoms with E-state index in [2.05, 4.69) is 19.8 Å². The summed E-state index contributed by atoms with van der Waals surface area (Å²) in [5.41, 5.74) is 0.413. The van der Waals surface area contributed by atoms with Crippen LogP contribution in [0.25, 0.3) is 4.85 Å². The zero-order valence-corrected chi connectivity index (χ0v) is 26.7. The topological polar surface area (TPSA) is 118 Å². The first-order chi connectivity index (χ1) is 21.1. The summed E-state index contributed by atoms with van der Waals surface area (Å²) in [5, 5.41) is 2.73. The number of aryl methyl sites for hydroxylation is 1. The van der Waals surface area contributed by atoms with Gasteiger partial charge in [-0.25, -0.2) is 16.0 Å². The van der Waals surface area contributed by atoms with Crippen molar-refractivity contribution in [1.29, 1.82) is 0 Å². The first-order valence-corrected chi connectivity index (χ1v) is 15.4. The van der Waals surface area contributed by atoms with Gasteiger partial charge in [0.15, 0.2) is 0 Å². The fourth-order valence-electron chi connectivity index (χ4n) is 4.78. The summed E-state index contributed by atoms with van der Waals surface area (Å²) in [6.07, 6.45) is -0.554. The number of anilines is 1. The molecule has 236 valence electrons. The van der Waals surface area contributed by atoms with E-state index in [-0.39, 0.29) is 57.1 Å². The Balaban J connectivity index is 1.98. The number of amides is 1. The highest BCUT2D eigenvalue weighted by Gasteiger charge is 2.45. The van der Waals surface area contributed by atoms with Crippen molar-refractivity contribution in [3.63, 3.8) is 0 Å². The molecule has 1 N–H and O–H groups in total. The second kappa shape index (κ2) is 16.9. The van der Waals surface area contributed by atoms with E-state index in [1.165, 1.54) is 4.57 Å². The maximum Gasteiger partial charge on any atom is 0.349 e. The molecule has 3 rings (SSSR count). The molecule has 5 atom stereocenters. The fraction of sp³-hybridized carbons (Fsp3) is 0.600. The minimum Gasteiger partial charge on any atom is -0.382 e. The van der Waals surface area contributed by atoms with E-state index in [9.17, 15) is 9.59 Å². The molecule has 2 aromatic rings. The second-order valence-electron chi connectivity index (χ2n) is 10.6. The van der Waals surface area contributed by atoms with Crippen molar-refractivity contribution < 1.29 is 29.4 Å². The highest BCUT2D eigenvalue weighted by Crippen LogP contribution is 2.49. The molecule has 1 aromatic carbocycles. The third-order valence-corrected chi connectivity index (χ3v) is 8.90. The molecule has 1 fully saturated rings. The number of hydrogen-bond acceptors (Lipinski definition) is 9. The molecule has 13 heteroatoms. The van der Waals surface area contributed by atoms with Gasteiger partial charge in [0.2, 0.25) is 6.54 Å². The Morgan fingerprint density at radius 2 is 1.95 bits per heavy atom. The van der Waals surface area contributed by atoms with Gasteiger partial charge in [-0.3, -0.25) is 9.36 Å². The number of nitrogens with one attached hydrogen (secondary N) is 1. The van der Waals surface area contributed by atoms with Crippen molar-refractivity contribution in [3.8, 4) is 0 Å². The van der Waals surface area contributed by atoms with Crippen LogP contribution in [-0.2, 0) is 23.3 Å². The Morgan fingerprint density at radius 1 is 1.23 bits per heavy atom. The molecular weight excluding hydrogens is 573 g/mol. The lowest BCUT2D eigenvalue weighted by atomic mass is 9.98. The summed E-state index contributed by atoms with van der Waals surface area (Å²) in [6, 6.07) is 8.13. The first-order valence-electron chi connectivity index (χ1n) is 15.0. The smallest absolute Gasteiger partial charge is 0.349 e. The second-order valence-corrected chi connectivity index (χ2v) is 12.0. The number of benzene rings is 1. The average Bonchev–Trinajstić information content (AvgIpc) is 2.99. The molecule has 2 heterocycles. The fourth-order valence-corrected chi connectivity index (χ4v) is 6.53. The normalized spacial score (nSPS) is 21.5. The van der Waals surface area contributed by atoms with Gasteiger partial charge in [0.25, 0.3) is 14.4 Å². The van der Waals surface area contributed by atoms with Gasteiger partial charge in [0.1, 0.15) is 24.6 Å². The molecule has 0 saturated carbocycles. The molecule has 0 radical (unpaired) electrons. The number of rotatable bonds is 15. The molecule has 0 spiro atoms. The van der Waals surface area contributed by atoms with Crippen LogP contribution in [0.1, 0.15) is 57.9 Å². The van der Waals surface area contributed by atoms with E-state index in [1.807, 2.05) is 33.8 Å². The number of aromatic nitrogens is 2. The van der Waals surface area contributed by atoms with Gasteiger partial charge in [0, 0.05) is 37.9 Å². The molecule has 1 aliphatic rings. The van der Waals surface area contributed by atoms with Crippen molar-refractivity contribution >= 4 is 20.3 Å². The summed E-state index contributed by atoms with van der Waals surface area (Å²) in [7, 11) is -0.121. The van der Waals surface area contributed by atoms with Crippen LogP contribution in [-0.4, -0.2) is 90.6 Å². The minimum absolute atomic E-state index is 0.0600. The van der Waals surface area contributed by atoms with E-state index >= 15 is 0 Å². The van der Waals surface area contributed by atoms with Crippen LogP contribution < -0.4 is 11.0 Å². The van der Waals surface area contributed by atoms with Crippen molar-refractivity contribution in [2.45, 2.75) is 78.0 Å². The Hall–Kier alpha value is -2.75. The standard InChI is InChI=1S/C30H44N5O7P/c1-20(2)35(21(3)4)43(41-15-14-31-7)42-26-23(6)40-19-25(27(26)39-17-16-38-8)34-18-22(5)28(33-30(34)37)32-29(36)24-12-10-9-11-13-24/h9-13,18,20-21,23,25-27H,14-17,19H2,1-6,8H3,(H,32,33,36,37)/t23-,25-,26-,27+,43?/m1/s1/i6D. The van der Waals surface area contributed by atoms with Gasteiger partial charge in [0.05, 0.1) is 32.0 Å². The lowest BCUT2D eigenvalue weighted by Gasteiger charge is -2.44. The van der Waals surface area contributed by atoms with E-state index in [0.717, 1.165) is 0 Å². The van der Waals surface area contributed by atoms with Crippen LogP contribution in [0.5, 0.6) is 0 Å². The van der Waals surface area contributed by atoms with Gasteiger partial charge in [-0.15, -0.1) is 0 Å². The molecular formula is C30H44N5O7P. The molecule has 1 aromatic heterocycles. The van der Waals surface area contributed by atoms with Crippen LogP contribution in [0.2, 0.25) is 0 Å². The summed E-state index contributed by atoms with van der Waals surface area (Å²) < 4.78 is 42.3. The van der Waals surface area contributed by atoms with Crippen LogP contribution in [0.15, 0.2) is 41.3 Å². The van der Waals surface area contributed by atoms with Crippen molar-refractivity contribution in [2.24, 2.45) is 0 Å². The lowest BCUT2D eigenvalue weighted by Crippen LogP contribution is -2.54. The quantitative estimate of drug-likeness (QED) is 0.175. The SMILES string of the molecule is [2H]C[C@H]1OC[C@@H](n2cc(C)c(NC(=O)c3ccccc3)nc2=O)[C@H](OCCOC)[C@@H]1OP(OCC[N+]#[C-])N(C(C)C)C(C)C. The van der Waals surface area contributed by atoms with Crippen LogP contribution in [0.3, 0.4) is 0 Å². The number of hydrogen-bond donors (Lipinski definition) is 1. The predicted octanol–water partition coefficient (Wildman–Crippen LogP) is 4.46. The molecule has 0 bridgehead atoms. The van der Waals surface area contributed by atoms with Gasteiger partial charge in [-0.1, -0.05) is 18.2 Å². The van der Waals surface area contributed by atoms with E-state index < -0.39 is 38.6 Å². The Labute approximate surface area is 256 Å². The molecule has 1 amide bonds. The maximum absolute atomic E-state index is 13.5. The van der Waals surface area contributed by atoms with Gasteiger partial charge in [-0.2, -0.15) is 4.98 Å². The molecule has 0 aliphatic carbocycles. The van der Waals surface area contributed by atoms with Gasteiger partial charge >= 0.3 is 5.69 Å². The Bertz CT molecular complexity index is 1280. The summed E-state index contributed by atoms with van der Waals surface area (Å²) >= 11 is 0. The summed E-state index contributed by atoms with van der Waals surface area (Å²) in [5.74, 6) is -0.218. The average molecular weight is 619 g/mol. The van der Waals surface area contributed by atoms with Gasteiger partial charge in [-0.05, 0) is 53.7 Å². The first kappa shape index (κ1) is 33.1. The number of methoxy groups -OCH3 is 1. The number of nitrogens with zero attached hydrogens (tertiary/aromatic N) is 4. The Morgan fingerprint density at radius 3 is 2.58 bits per heavy atom. The summed E-state index contributed by atoms with van der Waals surface area (Å²) in [6.45, 7) is 17.9. The minimum atomic E-state index is -1.69. The molecule has 43 heavy (non-hydrogen) atoms. The van der Waals surface area contributed by atoms with E-state index in [4.69, 9.17) is 31.2 Å². The monoisotopic (exact) mass is 618 g/mol. The highest BCUT2D eigenvalue weighted by atomic mass is 31.2. The number of carbonyl (C=O) groups is 1. The van der Waals surface area contributed by atoms with E-state index in [0.29, 0.717) is 17.7 Å². The van der Waals surface area contributed by atoms with Crippen molar-refractivity contribution in [1.82, 2.24) is 14.2 Å². The highest BCUT2D eigenvalue weighted by molar-refractivity contribution is 7.44. The predicted molar refractivity (Wildman–Crippen MR) is 165 cm³/mol. The third-order valence-electron chi connectivity index (χ3n) is 6.77. The van der Waals surface area contributed by atoms with Gasteiger partial charge < -0.3 is 33.4 Å². The number of ether oxygens (including phenoxy) is 3. The zero-order chi connectivity index (χ0) is 32.2. The van der Waals surface area contributed by atoms with Crippen molar-refractivity contribution in [3.05, 3.63) is 69.6 Å². The van der Waals surface area contributed by atoms with Crippen LogP contribution in [0, 0.1) is 13.5 Å². The zero-order valence-electron chi connectivity index (χ0n) is 26.8. The maximum atomic E-state index is 13.5. The van der Waals surface area contributed by atoms with Crippen LogP contribution >= 0.6 is 8.53 Å². The molecule has 1 saturated heterocycles. The Kier molecular flexibility index (Phi) is 13.0. The third kappa shape index (κ3) is 9.37. The molecule has 12 nitrogen and oxygen atoms in total. The molecule has 1 unspecified atom stereocenters. The largest absolute Gasteiger partial charge is 0.382 e. The summed E-state index contributed by atoms with van der Waals surface area (Å²) in [4.78, 5) is 33.8. The lowest BCUT2D eigenvalue weighted by molar-refractivity contribution is -0.169. The van der Waals surface area contributed by atoms with E-state index in [1.54, 1.807) is 44.5 Å². The van der Waals surface area contributed by atoms with Crippen molar-refractivity contribution in [2.75, 3.05) is 45.4 Å². The van der Waals surface area contributed by atoms with Crippen LogP contribution in [0.4, 0.5) is 5.82 Å². The molecule has 1 aliphatic heterocycles.